The van der Waals surface area contributed by atoms with Crippen molar-refractivity contribution in [3.8, 4) is 0 Å². The van der Waals surface area contributed by atoms with Gasteiger partial charge in [-0.15, -0.1) is 11.3 Å². The van der Waals surface area contributed by atoms with Crippen LogP contribution in [-0.2, 0) is 8.85 Å². The first kappa shape index (κ1) is 35.9. The zero-order valence-electron chi connectivity index (χ0n) is 30.0. The van der Waals surface area contributed by atoms with Gasteiger partial charge in [-0.25, -0.2) is 4.98 Å². The first-order valence-electron chi connectivity index (χ1n) is 17.5. The summed E-state index contributed by atoms with van der Waals surface area (Å²) in [4.78, 5) is 20.5. The summed E-state index contributed by atoms with van der Waals surface area (Å²) < 4.78 is 14.1. The number of nitrogens with zero attached hydrogens (tertiary/aromatic N) is 2. The number of hydrogen-bond acceptors (Lipinski definition) is 6. The minimum absolute atomic E-state index is 0.0516. The van der Waals surface area contributed by atoms with Gasteiger partial charge in [0, 0.05) is 24.4 Å². The summed E-state index contributed by atoms with van der Waals surface area (Å²) in [6.07, 6.45) is -0.131. The van der Waals surface area contributed by atoms with Gasteiger partial charge in [-0.2, -0.15) is 0 Å². The lowest BCUT2D eigenvalue weighted by Crippen LogP contribution is -2.67. The fourth-order valence-corrected chi connectivity index (χ4v) is 14.9. The fourth-order valence-electron chi connectivity index (χ4n) is 7.01. The Morgan fingerprint density at radius 3 is 1.80 bits per heavy atom. The van der Waals surface area contributed by atoms with E-state index in [1.807, 2.05) is 17.5 Å². The van der Waals surface area contributed by atoms with Gasteiger partial charge in [-0.05, 0) is 31.2 Å². The molecule has 1 fully saturated rings. The van der Waals surface area contributed by atoms with Crippen LogP contribution < -0.4 is 31.0 Å². The molecule has 6 rings (SSSR count). The molecule has 1 saturated heterocycles. The lowest BCUT2D eigenvalue weighted by molar-refractivity contribution is 0.00494. The molecule has 2 unspecified atom stereocenters. The summed E-state index contributed by atoms with van der Waals surface area (Å²) in [6.45, 7) is 15.2. The number of hydrogen-bond donors (Lipinski definition) is 1. The fraction of sp³-hybridized carbons (Fsp3) is 0.317. The quantitative estimate of drug-likeness (QED) is 0.130. The summed E-state index contributed by atoms with van der Waals surface area (Å²) >= 11 is 1.50. The van der Waals surface area contributed by atoms with Gasteiger partial charge in [0.25, 0.3) is 14.2 Å². The highest BCUT2D eigenvalue weighted by atomic mass is 32.1. The van der Waals surface area contributed by atoms with Crippen LogP contribution in [0.3, 0.4) is 0 Å². The molecule has 50 heavy (non-hydrogen) atoms. The van der Waals surface area contributed by atoms with E-state index >= 15 is 0 Å². The van der Waals surface area contributed by atoms with Gasteiger partial charge >= 0.3 is 0 Å². The third kappa shape index (κ3) is 7.57. The second-order valence-electron chi connectivity index (χ2n) is 15.1. The zero-order valence-corrected chi connectivity index (χ0v) is 33.0. The first-order valence-corrected chi connectivity index (χ1v) is 21.9. The van der Waals surface area contributed by atoms with Crippen LogP contribution >= 0.6 is 11.3 Å². The highest BCUT2D eigenvalue weighted by Gasteiger charge is 2.50. The normalized spacial score (nSPS) is 16.7. The van der Waals surface area contributed by atoms with Crippen LogP contribution in [0.1, 0.15) is 52.0 Å². The van der Waals surface area contributed by atoms with Crippen LogP contribution in [0.2, 0.25) is 5.04 Å². The molecule has 9 heteroatoms. The maximum atomic E-state index is 13.4. The van der Waals surface area contributed by atoms with Crippen molar-refractivity contribution in [3.05, 3.63) is 132 Å². The summed E-state index contributed by atoms with van der Waals surface area (Å²) in [7, 11) is -4.69. The molecule has 1 amide bonds. The number of aromatic nitrogens is 1. The molecule has 1 aromatic heterocycles. The molecular weight excluding hydrogens is 671 g/mol. The Balaban J connectivity index is 1.16. The molecular formula is C41H49N3O3SSi2. The second kappa shape index (κ2) is 15.2. The van der Waals surface area contributed by atoms with Crippen LogP contribution in [0, 0.1) is 11.3 Å². The molecule has 0 bridgehead atoms. The Kier molecular flexibility index (Phi) is 10.9. The van der Waals surface area contributed by atoms with Gasteiger partial charge in [0.1, 0.15) is 11.9 Å². The highest BCUT2D eigenvalue weighted by molar-refractivity contribution is 7.14. The number of thiazole rings is 1. The summed E-state index contributed by atoms with van der Waals surface area (Å²) in [5, 5.41) is 10.6. The van der Waals surface area contributed by atoms with Crippen molar-refractivity contribution < 1.29 is 13.6 Å². The summed E-state index contributed by atoms with van der Waals surface area (Å²) in [6, 6.07) is 42.3. The van der Waals surface area contributed by atoms with Crippen molar-refractivity contribution in [2.45, 2.75) is 52.8 Å². The summed E-state index contributed by atoms with van der Waals surface area (Å²) in [5.41, 5.74) is 0.476. The lowest BCUT2D eigenvalue weighted by atomic mass is 9.74. The lowest BCUT2D eigenvalue weighted by Gasteiger charge is -2.54. The highest BCUT2D eigenvalue weighted by Crippen LogP contribution is 2.43. The van der Waals surface area contributed by atoms with Crippen molar-refractivity contribution in [2.24, 2.45) is 11.3 Å². The van der Waals surface area contributed by atoms with E-state index in [-0.39, 0.29) is 22.6 Å². The SMILES string of the molecule is CC(C)(C)C1CN(c2nc(C(=O)NCCO[Si](c3ccccc3)(c3ccccc3)C(C)(C)C)cs2)C1O[SiH](c1ccccc1)c1ccccc1. The Morgan fingerprint density at radius 2 is 1.32 bits per heavy atom. The molecule has 0 spiro atoms. The number of rotatable bonds is 12. The third-order valence-electron chi connectivity index (χ3n) is 9.73. The Hall–Kier alpha value is -3.87. The Morgan fingerprint density at radius 1 is 0.820 bits per heavy atom. The van der Waals surface area contributed by atoms with Gasteiger partial charge < -0.3 is 19.1 Å². The maximum absolute atomic E-state index is 13.4. The molecule has 1 aliphatic rings. The molecule has 260 valence electrons. The molecule has 1 aliphatic heterocycles. The van der Waals surface area contributed by atoms with Crippen LogP contribution in [0.25, 0.3) is 0 Å². The van der Waals surface area contributed by atoms with E-state index in [1.54, 1.807) is 0 Å². The average molecular weight is 720 g/mol. The Bertz CT molecular complexity index is 1750. The number of nitrogens with one attached hydrogen (secondary N) is 1. The van der Waals surface area contributed by atoms with E-state index in [9.17, 15) is 4.79 Å². The standard InChI is InChI=1S/C41H49N3O3SSi2/c1-40(2,3)35-29-44(38(35)47-49(31-19-11-7-12-20-31)32-21-13-8-14-22-32)39-43-36(30-48-39)37(45)42-27-28-46-50(41(4,5)6,33-23-15-9-16-24-33)34-25-17-10-18-26-34/h7-26,30,35,38,49H,27-29H2,1-6H3,(H,42,45). The van der Waals surface area contributed by atoms with E-state index in [0.717, 1.165) is 11.7 Å². The summed E-state index contributed by atoms with van der Waals surface area (Å²) in [5.74, 6) is 0.134. The predicted octanol–water partition coefficient (Wildman–Crippen LogP) is 5.81. The number of carbonyl (C=O) groups excluding carboxylic acids is 1. The maximum Gasteiger partial charge on any atom is 0.270 e. The number of carbonyl (C=O) groups is 1. The van der Waals surface area contributed by atoms with Crippen molar-refractivity contribution in [2.75, 3.05) is 24.6 Å². The van der Waals surface area contributed by atoms with Gasteiger partial charge in [0.2, 0.25) is 9.04 Å². The van der Waals surface area contributed by atoms with Crippen molar-refractivity contribution in [3.63, 3.8) is 0 Å². The van der Waals surface area contributed by atoms with Crippen LogP contribution in [0.15, 0.2) is 127 Å². The predicted molar refractivity (Wildman–Crippen MR) is 212 cm³/mol. The van der Waals surface area contributed by atoms with E-state index in [1.165, 1.54) is 32.1 Å². The Labute approximate surface area is 304 Å². The van der Waals surface area contributed by atoms with Gasteiger partial charge in [-0.3, -0.25) is 4.79 Å². The van der Waals surface area contributed by atoms with E-state index in [4.69, 9.17) is 13.8 Å². The van der Waals surface area contributed by atoms with Crippen molar-refractivity contribution >= 4 is 60.5 Å². The monoisotopic (exact) mass is 719 g/mol. The second-order valence-corrected chi connectivity index (χ2v) is 22.6. The van der Waals surface area contributed by atoms with E-state index in [2.05, 4.69) is 161 Å². The molecule has 0 radical (unpaired) electrons. The van der Waals surface area contributed by atoms with E-state index in [0.29, 0.717) is 24.8 Å². The molecule has 2 atom stereocenters. The zero-order chi connectivity index (χ0) is 35.4. The number of benzene rings is 4. The minimum atomic E-state index is -2.68. The van der Waals surface area contributed by atoms with Gasteiger partial charge in [-0.1, -0.05) is 163 Å². The minimum Gasteiger partial charge on any atom is -0.406 e. The topological polar surface area (TPSA) is 63.7 Å². The number of anilines is 1. The molecule has 0 saturated carbocycles. The number of amides is 1. The first-order chi connectivity index (χ1) is 24.0. The largest absolute Gasteiger partial charge is 0.406 e. The molecule has 2 heterocycles. The van der Waals surface area contributed by atoms with Crippen LogP contribution in [-0.4, -0.2) is 54.2 Å². The molecule has 4 aromatic carbocycles. The van der Waals surface area contributed by atoms with Crippen molar-refractivity contribution in [1.82, 2.24) is 10.3 Å². The smallest absolute Gasteiger partial charge is 0.270 e. The molecule has 6 nitrogen and oxygen atoms in total. The van der Waals surface area contributed by atoms with E-state index < -0.39 is 17.4 Å². The van der Waals surface area contributed by atoms with Gasteiger partial charge in [0.05, 0.1) is 6.61 Å². The molecule has 1 N–H and O–H groups in total. The average Bonchev–Trinajstić information content (AvgIpc) is 3.58. The van der Waals surface area contributed by atoms with Crippen LogP contribution in [0.5, 0.6) is 0 Å². The molecule has 5 aromatic rings. The third-order valence-corrected chi connectivity index (χ3v) is 18.2. The van der Waals surface area contributed by atoms with Crippen LogP contribution in [0.4, 0.5) is 5.13 Å². The van der Waals surface area contributed by atoms with Crippen molar-refractivity contribution in [1.29, 1.82) is 0 Å². The van der Waals surface area contributed by atoms with Gasteiger partial charge in [0.15, 0.2) is 5.13 Å². The molecule has 0 aliphatic carbocycles.